The Balaban J connectivity index is 2.10. The number of hydrogen-bond donors (Lipinski definition) is 1. The van der Waals surface area contributed by atoms with E-state index in [0.717, 1.165) is 22.4 Å². The molecule has 0 radical (unpaired) electrons. The molecule has 1 unspecified atom stereocenters. The summed E-state index contributed by atoms with van der Waals surface area (Å²) in [6, 6.07) is 16.7. The van der Waals surface area contributed by atoms with Crippen molar-refractivity contribution in [3.05, 3.63) is 65.5 Å². The fourth-order valence-electron chi connectivity index (χ4n) is 2.66. The number of rotatable bonds is 3. The third-order valence-corrected chi connectivity index (χ3v) is 3.90. The first-order valence-corrected chi connectivity index (χ1v) is 6.91. The number of nitrogens with zero attached hydrogens (tertiary/aromatic N) is 2. The minimum Gasteiger partial charge on any atom is -0.331 e. The fraction of sp³-hybridized carbons (Fsp3) is 0.235. The minimum atomic E-state index is 0.273. The number of fused-ring (bicyclic) bond motifs is 1. The molecule has 0 saturated heterocycles. The molecule has 1 atom stereocenters. The molecule has 3 nitrogen and oxygen atoms in total. The van der Waals surface area contributed by atoms with Gasteiger partial charge in [0.15, 0.2) is 0 Å². The highest BCUT2D eigenvalue weighted by Gasteiger charge is 2.16. The van der Waals surface area contributed by atoms with Gasteiger partial charge in [-0.1, -0.05) is 43.3 Å². The predicted octanol–water partition coefficient (Wildman–Crippen LogP) is 3.18. The molecule has 0 aliphatic carbocycles. The summed E-state index contributed by atoms with van der Waals surface area (Å²) >= 11 is 0. The van der Waals surface area contributed by atoms with Crippen molar-refractivity contribution in [2.24, 2.45) is 12.8 Å². The molecule has 0 aliphatic rings. The average molecular weight is 265 g/mol. The third-order valence-electron chi connectivity index (χ3n) is 3.90. The Morgan fingerprint density at radius 3 is 2.60 bits per heavy atom. The number of hydrogen-bond acceptors (Lipinski definition) is 2. The highest BCUT2D eigenvalue weighted by atomic mass is 15.1. The van der Waals surface area contributed by atoms with Crippen molar-refractivity contribution in [2.45, 2.75) is 19.4 Å². The van der Waals surface area contributed by atoms with Crippen LogP contribution in [0.4, 0.5) is 0 Å². The predicted molar refractivity (Wildman–Crippen MR) is 82.6 cm³/mol. The van der Waals surface area contributed by atoms with E-state index in [-0.39, 0.29) is 5.92 Å². The Kier molecular flexibility index (Phi) is 3.28. The normalized spacial score (nSPS) is 12.8. The third kappa shape index (κ3) is 2.10. The van der Waals surface area contributed by atoms with E-state index in [1.54, 1.807) is 0 Å². The van der Waals surface area contributed by atoms with Crippen molar-refractivity contribution in [1.82, 2.24) is 9.55 Å². The largest absolute Gasteiger partial charge is 0.331 e. The van der Waals surface area contributed by atoms with Crippen LogP contribution in [0.3, 0.4) is 0 Å². The van der Waals surface area contributed by atoms with Gasteiger partial charge in [-0.25, -0.2) is 4.98 Å². The number of aromatic nitrogens is 2. The average Bonchev–Trinajstić information content (AvgIpc) is 2.84. The maximum absolute atomic E-state index is 5.72. The van der Waals surface area contributed by atoms with E-state index >= 15 is 0 Å². The van der Waals surface area contributed by atoms with Crippen molar-refractivity contribution in [2.75, 3.05) is 0 Å². The molecule has 0 fully saturated rings. The first-order chi connectivity index (χ1) is 9.70. The molecule has 102 valence electrons. The van der Waals surface area contributed by atoms with Gasteiger partial charge >= 0.3 is 0 Å². The molecule has 0 saturated carbocycles. The second kappa shape index (κ2) is 5.10. The van der Waals surface area contributed by atoms with Crippen LogP contribution in [-0.4, -0.2) is 9.55 Å². The van der Waals surface area contributed by atoms with Gasteiger partial charge in [-0.3, -0.25) is 0 Å². The van der Waals surface area contributed by atoms with Crippen LogP contribution in [0.15, 0.2) is 48.5 Å². The summed E-state index contributed by atoms with van der Waals surface area (Å²) in [5, 5.41) is 0. The molecule has 0 bridgehead atoms. The fourth-order valence-corrected chi connectivity index (χ4v) is 2.66. The molecule has 2 aromatic carbocycles. The summed E-state index contributed by atoms with van der Waals surface area (Å²) < 4.78 is 2.17. The van der Waals surface area contributed by atoms with Crippen LogP contribution >= 0.6 is 0 Å². The summed E-state index contributed by atoms with van der Waals surface area (Å²) in [5.41, 5.74) is 10.3. The van der Waals surface area contributed by atoms with Crippen LogP contribution in [0.25, 0.3) is 11.0 Å². The second-order valence-corrected chi connectivity index (χ2v) is 5.19. The molecule has 3 aromatic rings. The van der Waals surface area contributed by atoms with Crippen molar-refractivity contribution >= 4 is 11.0 Å². The molecule has 2 N–H and O–H groups in total. The van der Waals surface area contributed by atoms with Gasteiger partial charge in [-0.05, 0) is 23.3 Å². The molecule has 0 amide bonds. The molecule has 0 spiro atoms. The SMILES string of the molecule is CC(c1ccccc1)c1nc2ccc(CN)cc2n1C. The lowest BCUT2D eigenvalue weighted by Gasteiger charge is -2.11. The lowest BCUT2D eigenvalue weighted by atomic mass is 10.0. The zero-order chi connectivity index (χ0) is 14.1. The maximum Gasteiger partial charge on any atom is 0.116 e. The van der Waals surface area contributed by atoms with E-state index in [4.69, 9.17) is 10.7 Å². The highest BCUT2D eigenvalue weighted by Crippen LogP contribution is 2.26. The maximum atomic E-state index is 5.72. The number of benzene rings is 2. The van der Waals surface area contributed by atoms with Gasteiger partial charge in [-0.15, -0.1) is 0 Å². The van der Waals surface area contributed by atoms with Crippen LogP contribution in [0.2, 0.25) is 0 Å². The van der Waals surface area contributed by atoms with E-state index in [0.29, 0.717) is 6.54 Å². The Hall–Kier alpha value is -2.13. The molecule has 0 aliphatic heterocycles. The van der Waals surface area contributed by atoms with Crippen LogP contribution in [0.1, 0.15) is 29.8 Å². The summed E-state index contributed by atoms with van der Waals surface area (Å²) in [7, 11) is 2.07. The van der Waals surface area contributed by atoms with Crippen LogP contribution < -0.4 is 5.73 Å². The minimum absolute atomic E-state index is 0.273. The molecule has 1 aromatic heterocycles. The topological polar surface area (TPSA) is 43.8 Å². The Morgan fingerprint density at radius 2 is 1.90 bits per heavy atom. The van der Waals surface area contributed by atoms with Gasteiger partial charge in [0, 0.05) is 19.5 Å². The van der Waals surface area contributed by atoms with Crippen molar-refractivity contribution in [3.63, 3.8) is 0 Å². The van der Waals surface area contributed by atoms with E-state index < -0.39 is 0 Å². The first kappa shape index (κ1) is 12.9. The Bertz CT molecular complexity index is 729. The lowest BCUT2D eigenvalue weighted by Crippen LogP contribution is -2.04. The zero-order valence-corrected chi connectivity index (χ0v) is 11.9. The molecule has 3 heteroatoms. The van der Waals surface area contributed by atoms with Gasteiger partial charge in [-0.2, -0.15) is 0 Å². The van der Waals surface area contributed by atoms with Crippen molar-refractivity contribution < 1.29 is 0 Å². The number of aryl methyl sites for hydroxylation is 1. The van der Waals surface area contributed by atoms with Crippen LogP contribution in [-0.2, 0) is 13.6 Å². The van der Waals surface area contributed by atoms with Crippen LogP contribution in [0, 0.1) is 0 Å². The monoisotopic (exact) mass is 265 g/mol. The molecule has 1 heterocycles. The smallest absolute Gasteiger partial charge is 0.116 e. The van der Waals surface area contributed by atoms with Gasteiger partial charge in [0.25, 0.3) is 0 Å². The second-order valence-electron chi connectivity index (χ2n) is 5.19. The molecular weight excluding hydrogens is 246 g/mol. The molecular formula is C17H19N3. The van der Waals surface area contributed by atoms with Crippen LogP contribution in [0.5, 0.6) is 0 Å². The quantitative estimate of drug-likeness (QED) is 0.790. The Labute approximate surface area is 119 Å². The lowest BCUT2D eigenvalue weighted by molar-refractivity contribution is 0.752. The number of nitrogens with two attached hydrogens (primary N) is 1. The van der Waals surface area contributed by atoms with Crippen molar-refractivity contribution in [1.29, 1.82) is 0 Å². The van der Waals surface area contributed by atoms with E-state index in [2.05, 4.69) is 54.9 Å². The van der Waals surface area contributed by atoms with E-state index in [1.165, 1.54) is 5.56 Å². The number of imidazole rings is 1. The van der Waals surface area contributed by atoms with Crippen molar-refractivity contribution in [3.8, 4) is 0 Å². The van der Waals surface area contributed by atoms with E-state index in [9.17, 15) is 0 Å². The summed E-state index contributed by atoms with van der Waals surface area (Å²) in [4.78, 5) is 4.79. The highest BCUT2D eigenvalue weighted by molar-refractivity contribution is 5.77. The van der Waals surface area contributed by atoms with Gasteiger partial charge in [0.2, 0.25) is 0 Å². The Morgan fingerprint density at radius 1 is 1.15 bits per heavy atom. The molecule has 3 rings (SSSR count). The van der Waals surface area contributed by atoms with Gasteiger partial charge in [0.1, 0.15) is 5.82 Å². The summed E-state index contributed by atoms with van der Waals surface area (Å²) in [5.74, 6) is 1.36. The summed E-state index contributed by atoms with van der Waals surface area (Å²) in [6.07, 6.45) is 0. The first-order valence-electron chi connectivity index (χ1n) is 6.91. The summed E-state index contributed by atoms with van der Waals surface area (Å²) in [6.45, 7) is 2.76. The molecule has 20 heavy (non-hydrogen) atoms. The van der Waals surface area contributed by atoms with E-state index in [1.807, 2.05) is 12.1 Å². The standard InChI is InChI=1S/C17H19N3/c1-12(14-6-4-3-5-7-14)17-19-15-9-8-13(11-18)10-16(15)20(17)2/h3-10,12H,11,18H2,1-2H3. The van der Waals surface area contributed by atoms with Gasteiger partial charge in [0.05, 0.1) is 11.0 Å². The zero-order valence-electron chi connectivity index (χ0n) is 11.9. The van der Waals surface area contributed by atoms with Gasteiger partial charge < -0.3 is 10.3 Å².